The summed E-state index contributed by atoms with van der Waals surface area (Å²) >= 11 is 3.01. The Hall–Kier alpha value is -3.14. The lowest BCUT2D eigenvalue weighted by atomic mass is 10.2. The maximum Gasteiger partial charge on any atom is 0.277 e. The molecule has 0 bridgehead atoms. The van der Waals surface area contributed by atoms with Crippen molar-refractivity contribution in [2.45, 2.75) is 0 Å². The smallest absolute Gasteiger partial charge is 0.277 e. The summed E-state index contributed by atoms with van der Waals surface area (Å²) < 4.78 is 10.4. The molecule has 0 fully saturated rings. The molecule has 1 amide bonds. The van der Waals surface area contributed by atoms with Crippen LogP contribution in [0.4, 0.5) is 5.69 Å². The lowest BCUT2D eigenvalue weighted by Gasteiger charge is -2.06. The molecule has 0 aliphatic heterocycles. The van der Waals surface area contributed by atoms with Gasteiger partial charge in [0.2, 0.25) is 0 Å². The van der Waals surface area contributed by atoms with Crippen molar-refractivity contribution >= 4 is 33.7 Å². The van der Waals surface area contributed by atoms with Gasteiger partial charge in [-0.25, -0.2) is 5.43 Å². The van der Waals surface area contributed by atoms with Gasteiger partial charge in [-0.2, -0.15) is 5.10 Å². The Bertz CT molecular complexity index is 839. The van der Waals surface area contributed by atoms with Crippen LogP contribution in [-0.2, 0) is 4.79 Å². The van der Waals surface area contributed by atoms with Gasteiger partial charge in [-0.3, -0.25) is 14.9 Å². The number of rotatable bonds is 7. The summed E-state index contributed by atoms with van der Waals surface area (Å²) in [5.74, 6) is 0.364. The average molecular weight is 424 g/mol. The Morgan fingerprint density at radius 2 is 2.00 bits per heavy atom. The van der Waals surface area contributed by atoms with E-state index >= 15 is 0 Å². The second kappa shape index (κ2) is 8.81. The summed E-state index contributed by atoms with van der Waals surface area (Å²) in [6.07, 6.45) is 1.10. The number of aromatic hydroxyl groups is 1. The van der Waals surface area contributed by atoms with Gasteiger partial charge in [-0.15, -0.1) is 0 Å². The Balaban J connectivity index is 1.93. The fourth-order valence-electron chi connectivity index (χ4n) is 1.84. The number of amides is 1. The topological polar surface area (TPSA) is 123 Å². The fraction of sp³-hybridized carbons (Fsp3) is 0.125. The molecule has 2 aromatic carbocycles. The van der Waals surface area contributed by atoms with Gasteiger partial charge in [-0.05, 0) is 40.2 Å². The van der Waals surface area contributed by atoms with E-state index < -0.39 is 10.8 Å². The number of hydrazone groups is 1. The van der Waals surface area contributed by atoms with Crippen LogP contribution in [0.15, 0.2) is 46.0 Å². The first-order valence-electron chi connectivity index (χ1n) is 7.16. The molecule has 0 atom stereocenters. The highest BCUT2D eigenvalue weighted by Crippen LogP contribution is 2.31. The quantitative estimate of drug-likeness (QED) is 0.400. The van der Waals surface area contributed by atoms with E-state index in [4.69, 9.17) is 9.47 Å². The molecule has 26 heavy (non-hydrogen) atoms. The first-order valence-corrected chi connectivity index (χ1v) is 7.95. The molecule has 0 aliphatic rings. The van der Waals surface area contributed by atoms with E-state index in [1.807, 2.05) is 0 Å². The van der Waals surface area contributed by atoms with Gasteiger partial charge in [0.1, 0.15) is 17.2 Å². The van der Waals surface area contributed by atoms with Crippen LogP contribution >= 0.6 is 15.9 Å². The monoisotopic (exact) mass is 423 g/mol. The summed E-state index contributed by atoms with van der Waals surface area (Å²) in [4.78, 5) is 21.9. The van der Waals surface area contributed by atoms with E-state index in [-0.39, 0.29) is 28.1 Å². The molecule has 136 valence electrons. The number of hydrogen-bond donors (Lipinski definition) is 2. The molecule has 0 aromatic heterocycles. The first-order chi connectivity index (χ1) is 12.4. The molecule has 9 nitrogen and oxygen atoms in total. The predicted molar refractivity (Wildman–Crippen MR) is 96.7 cm³/mol. The molecular formula is C16H14BrN3O6. The number of methoxy groups -OCH3 is 1. The number of halogens is 1. The molecule has 0 heterocycles. The van der Waals surface area contributed by atoms with Crippen molar-refractivity contribution < 1.29 is 24.3 Å². The second-order valence-corrected chi connectivity index (χ2v) is 5.73. The number of benzene rings is 2. The van der Waals surface area contributed by atoms with Crippen LogP contribution in [0.3, 0.4) is 0 Å². The highest BCUT2D eigenvalue weighted by Gasteiger charge is 2.13. The van der Waals surface area contributed by atoms with Crippen molar-refractivity contribution in [3.63, 3.8) is 0 Å². The zero-order valence-corrected chi connectivity index (χ0v) is 15.1. The highest BCUT2D eigenvalue weighted by molar-refractivity contribution is 9.10. The largest absolute Gasteiger partial charge is 0.506 e. The van der Waals surface area contributed by atoms with Crippen LogP contribution in [0, 0.1) is 10.1 Å². The van der Waals surface area contributed by atoms with E-state index in [9.17, 15) is 20.0 Å². The Morgan fingerprint density at radius 1 is 1.35 bits per heavy atom. The van der Waals surface area contributed by atoms with Crippen LogP contribution in [0.2, 0.25) is 0 Å². The number of carbonyl (C=O) groups is 1. The van der Waals surface area contributed by atoms with E-state index in [1.165, 1.54) is 0 Å². The summed E-state index contributed by atoms with van der Waals surface area (Å²) in [5, 5.41) is 24.3. The molecule has 0 aliphatic carbocycles. The van der Waals surface area contributed by atoms with Crippen LogP contribution in [-0.4, -0.2) is 35.9 Å². The van der Waals surface area contributed by atoms with Gasteiger partial charge < -0.3 is 14.6 Å². The fourth-order valence-corrected chi connectivity index (χ4v) is 2.30. The van der Waals surface area contributed by atoms with Gasteiger partial charge in [0.05, 0.1) is 22.7 Å². The van der Waals surface area contributed by atoms with Crippen LogP contribution in [0.5, 0.6) is 17.2 Å². The summed E-state index contributed by atoms with van der Waals surface area (Å²) in [6.45, 7) is -0.283. The minimum atomic E-state index is -0.608. The highest BCUT2D eigenvalue weighted by atomic mass is 79.9. The van der Waals surface area contributed by atoms with E-state index in [0.717, 1.165) is 18.3 Å². The maximum atomic E-state index is 11.7. The summed E-state index contributed by atoms with van der Waals surface area (Å²) in [7, 11) is 1.54. The lowest BCUT2D eigenvalue weighted by Crippen LogP contribution is -2.24. The second-order valence-electron chi connectivity index (χ2n) is 4.88. The molecule has 0 unspecified atom stereocenters. The van der Waals surface area contributed by atoms with Gasteiger partial charge in [0.25, 0.3) is 11.6 Å². The van der Waals surface area contributed by atoms with Crippen molar-refractivity contribution in [2.75, 3.05) is 13.7 Å². The van der Waals surface area contributed by atoms with E-state index in [0.29, 0.717) is 11.5 Å². The number of hydrogen-bond acceptors (Lipinski definition) is 7. The van der Waals surface area contributed by atoms with Crippen molar-refractivity contribution in [1.82, 2.24) is 5.43 Å². The number of ether oxygens (including phenoxy) is 2. The van der Waals surface area contributed by atoms with Gasteiger partial charge >= 0.3 is 0 Å². The number of nitrogens with zero attached hydrogens (tertiary/aromatic N) is 2. The number of non-ortho nitro benzene ring substituents is 1. The third-order valence-electron chi connectivity index (χ3n) is 3.11. The normalized spacial score (nSPS) is 10.5. The molecular weight excluding hydrogens is 410 g/mol. The number of nitro benzene ring substituents is 1. The molecule has 0 saturated carbocycles. The summed E-state index contributed by atoms with van der Waals surface area (Å²) in [6, 6.07) is 8.96. The number of nitro groups is 1. The number of nitrogens with one attached hydrogen (secondary N) is 1. The number of phenolic OH excluding ortho intramolecular Hbond substituents is 1. The Morgan fingerprint density at radius 3 is 2.62 bits per heavy atom. The van der Waals surface area contributed by atoms with Crippen molar-refractivity contribution in [1.29, 1.82) is 0 Å². The SMILES string of the molecule is COc1ccc(OCC(=O)N/N=C/c2cc([N+](=O)[O-])cc(Br)c2O)cc1. The first kappa shape index (κ1) is 19.2. The van der Waals surface area contributed by atoms with Crippen molar-refractivity contribution in [3.8, 4) is 17.2 Å². The minimum absolute atomic E-state index is 0.0717. The molecule has 2 N–H and O–H groups in total. The predicted octanol–water partition coefficient (Wildman–Crippen LogP) is 2.60. The third-order valence-corrected chi connectivity index (χ3v) is 3.72. The number of carbonyl (C=O) groups excluding carboxylic acids is 1. The summed E-state index contributed by atoms with van der Waals surface area (Å²) in [5.41, 5.74) is 2.04. The van der Waals surface area contributed by atoms with Gasteiger partial charge in [0, 0.05) is 17.7 Å². The molecule has 2 rings (SSSR count). The zero-order valence-electron chi connectivity index (χ0n) is 13.5. The van der Waals surface area contributed by atoms with Crippen LogP contribution in [0.25, 0.3) is 0 Å². The Kier molecular flexibility index (Phi) is 6.50. The third kappa shape index (κ3) is 5.18. The van der Waals surface area contributed by atoms with Crippen molar-refractivity contribution in [3.05, 3.63) is 56.5 Å². The maximum absolute atomic E-state index is 11.7. The van der Waals surface area contributed by atoms with Crippen LogP contribution < -0.4 is 14.9 Å². The zero-order chi connectivity index (χ0) is 19.1. The van der Waals surface area contributed by atoms with Crippen LogP contribution in [0.1, 0.15) is 5.56 Å². The van der Waals surface area contributed by atoms with Gasteiger partial charge in [0.15, 0.2) is 6.61 Å². The molecule has 0 saturated heterocycles. The Labute approximate surface area is 156 Å². The van der Waals surface area contributed by atoms with E-state index in [2.05, 4.69) is 26.5 Å². The van der Waals surface area contributed by atoms with Crippen molar-refractivity contribution in [2.24, 2.45) is 5.10 Å². The molecule has 0 spiro atoms. The molecule has 0 radical (unpaired) electrons. The van der Waals surface area contributed by atoms with E-state index in [1.54, 1.807) is 31.4 Å². The van der Waals surface area contributed by atoms with Gasteiger partial charge in [-0.1, -0.05) is 0 Å². The molecule has 10 heteroatoms. The average Bonchev–Trinajstić information content (AvgIpc) is 2.63. The number of phenols is 1. The standard InChI is InChI=1S/C16H14BrN3O6/c1-25-12-2-4-13(5-3-12)26-9-15(21)19-18-8-10-6-11(20(23)24)7-14(17)16(10)22/h2-8,22H,9H2,1H3,(H,19,21)/b18-8+. The molecule has 2 aromatic rings. The minimum Gasteiger partial charge on any atom is -0.506 e. The lowest BCUT2D eigenvalue weighted by molar-refractivity contribution is -0.385.